The number of aliphatic hydroxyl groups is 1. The van der Waals surface area contributed by atoms with E-state index < -0.39 is 30.1 Å². The zero-order chi connectivity index (χ0) is 20.0. The van der Waals surface area contributed by atoms with E-state index in [9.17, 15) is 9.90 Å². The lowest BCUT2D eigenvalue weighted by atomic mass is 10.0. The summed E-state index contributed by atoms with van der Waals surface area (Å²) in [6, 6.07) is 8.90. The second-order valence-electron chi connectivity index (χ2n) is 7.34. The van der Waals surface area contributed by atoms with E-state index in [1.54, 1.807) is 31.2 Å². The number of rotatable bonds is 8. The average molecular weight is 488 g/mol. The summed E-state index contributed by atoms with van der Waals surface area (Å²) in [5, 5.41) is 9.76. The minimum atomic E-state index is -0.734. The molecule has 1 heterocycles. The summed E-state index contributed by atoms with van der Waals surface area (Å²) in [6.45, 7) is 7.38. The Balaban J connectivity index is 2.24. The van der Waals surface area contributed by atoms with Gasteiger partial charge in [0.15, 0.2) is 5.79 Å². The molecular formula is C21H29IO5. The van der Waals surface area contributed by atoms with Crippen molar-refractivity contribution in [1.29, 1.82) is 0 Å². The van der Waals surface area contributed by atoms with Crippen molar-refractivity contribution >= 4 is 28.6 Å². The van der Waals surface area contributed by atoms with Gasteiger partial charge < -0.3 is 19.3 Å². The van der Waals surface area contributed by atoms with Gasteiger partial charge in [0.1, 0.15) is 12.2 Å². The molecular weight excluding hydrogens is 459 g/mol. The van der Waals surface area contributed by atoms with E-state index in [1.165, 1.54) is 0 Å². The molecule has 0 aromatic heterocycles. The quantitative estimate of drug-likeness (QED) is 0.258. The molecule has 1 saturated heterocycles. The Morgan fingerprint density at radius 3 is 2.52 bits per heavy atom. The summed E-state index contributed by atoms with van der Waals surface area (Å²) in [7, 11) is 0. The summed E-state index contributed by atoms with van der Waals surface area (Å²) >= 11 is 2.30. The molecule has 2 unspecified atom stereocenters. The SMILES string of the molecule is C[C@H](O)[C@H](C)/C=C\C(OC(=O)c1ccccc1)C1OC(C)(C)O[C@H]1CCI. The van der Waals surface area contributed by atoms with Gasteiger partial charge in [0.2, 0.25) is 0 Å². The van der Waals surface area contributed by atoms with Gasteiger partial charge in [0, 0.05) is 4.43 Å². The van der Waals surface area contributed by atoms with Crippen molar-refractivity contribution < 1.29 is 24.1 Å². The molecule has 1 N–H and O–H groups in total. The van der Waals surface area contributed by atoms with Crippen molar-refractivity contribution in [3.63, 3.8) is 0 Å². The van der Waals surface area contributed by atoms with E-state index >= 15 is 0 Å². The van der Waals surface area contributed by atoms with Crippen molar-refractivity contribution in [2.24, 2.45) is 5.92 Å². The standard InChI is InChI=1S/C21H29IO5/c1-14(15(2)23)10-11-17(25-20(24)16-8-6-5-7-9-16)19-18(12-13-22)26-21(3,4)27-19/h5-11,14-15,17-19,23H,12-13H2,1-4H3/b11-10-/t14-,15+,17?,18+,19?/m1/s1. The third-order valence-electron chi connectivity index (χ3n) is 4.56. The Labute approximate surface area is 175 Å². The number of hydrogen-bond acceptors (Lipinski definition) is 5. The number of ether oxygens (including phenoxy) is 3. The van der Waals surface area contributed by atoms with E-state index in [4.69, 9.17) is 14.2 Å². The van der Waals surface area contributed by atoms with Gasteiger partial charge in [-0.1, -0.05) is 53.8 Å². The van der Waals surface area contributed by atoms with Crippen molar-refractivity contribution in [2.45, 2.75) is 64.3 Å². The van der Waals surface area contributed by atoms with Crippen molar-refractivity contribution in [2.75, 3.05) is 4.43 Å². The van der Waals surface area contributed by atoms with Gasteiger partial charge in [0.05, 0.1) is 17.8 Å². The summed E-state index contributed by atoms with van der Waals surface area (Å²) in [6.07, 6.45) is 2.81. The van der Waals surface area contributed by atoms with Crippen LogP contribution in [0.3, 0.4) is 0 Å². The van der Waals surface area contributed by atoms with Gasteiger partial charge in [0.25, 0.3) is 0 Å². The van der Waals surface area contributed by atoms with Crippen LogP contribution < -0.4 is 0 Å². The Morgan fingerprint density at radius 2 is 1.93 bits per heavy atom. The van der Waals surface area contributed by atoms with Crippen molar-refractivity contribution in [3.05, 3.63) is 48.0 Å². The number of benzene rings is 1. The predicted octanol–water partition coefficient (Wildman–Crippen LogP) is 4.13. The maximum absolute atomic E-state index is 12.6. The van der Waals surface area contributed by atoms with Gasteiger partial charge in [-0.3, -0.25) is 0 Å². The average Bonchev–Trinajstić information content (AvgIpc) is 2.93. The Bertz CT molecular complexity index is 629. The van der Waals surface area contributed by atoms with Crippen LogP contribution >= 0.6 is 22.6 Å². The van der Waals surface area contributed by atoms with Crippen LogP contribution in [0.1, 0.15) is 44.5 Å². The molecule has 1 aliphatic heterocycles. The van der Waals surface area contributed by atoms with Crippen LogP contribution in [0.5, 0.6) is 0 Å². The zero-order valence-corrected chi connectivity index (χ0v) is 18.5. The lowest BCUT2D eigenvalue weighted by Crippen LogP contribution is -2.38. The molecule has 27 heavy (non-hydrogen) atoms. The molecule has 5 nitrogen and oxygen atoms in total. The van der Waals surface area contributed by atoms with Crippen LogP contribution in [0, 0.1) is 5.92 Å². The van der Waals surface area contributed by atoms with E-state index in [2.05, 4.69) is 22.6 Å². The van der Waals surface area contributed by atoms with E-state index in [-0.39, 0.29) is 12.0 Å². The maximum atomic E-state index is 12.6. The second-order valence-corrected chi connectivity index (χ2v) is 8.42. The minimum absolute atomic E-state index is 0.0683. The van der Waals surface area contributed by atoms with Crippen LogP contribution in [0.4, 0.5) is 0 Å². The van der Waals surface area contributed by atoms with Crippen LogP contribution in [-0.2, 0) is 14.2 Å². The lowest BCUT2D eigenvalue weighted by molar-refractivity contribution is -0.153. The topological polar surface area (TPSA) is 65.0 Å². The second kappa shape index (κ2) is 10.0. The number of halogens is 1. The molecule has 2 rings (SSSR count). The molecule has 1 aliphatic rings. The largest absolute Gasteiger partial charge is 0.452 e. The highest BCUT2D eigenvalue weighted by atomic mass is 127. The van der Waals surface area contributed by atoms with Crippen LogP contribution in [-0.4, -0.2) is 45.7 Å². The third-order valence-corrected chi connectivity index (χ3v) is 5.18. The number of hydrogen-bond donors (Lipinski definition) is 1. The molecule has 0 saturated carbocycles. The Hall–Kier alpha value is -0.960. The number of aliphatic hydroxyl groups excluding tert-OH is 1. The molecule has 0 amide bonds. The zero-order valence-electron chi connectivity index (χ0n) is 16.3. The predicted molar refractivity (Wildman–Crippen MR) is 113 cm³/mol. The van der Waals surface area contributed by atoms with Gasteiger partial charge in [-0.25, -0.2) is 4.79 Å². The fourth-order valence-corrected chi connectivity index (χ4v) is 3.51. The van der Waals surface area contributed by atoms with E-state index in [1.807, 2.05) is 39.0 Å². The summed E-state index contributed by atoms with van der Waals surface area (Å²) < 4.78 is 18.8. The number of carbonyl (C=O) groups is 1. The Morgan fingerprint density at radius 1 is 1.26 bits per heavy atom. The molecule has 1 aromatic rings. The molecule has 6 heteroatoms. The van der Waals surface area contributed by atoms with Gasteiger partial charge >= 0.3 is 5.97 Å². The monoisotopic (exact) mass is 488 g/mol. The molecule has 0 bridgehead atoms. The lowest BCUT2D eigenvalue weighted by Gasteiger charge is -2.25. The molecule has 0 radical (unpaired) electrons. The molecule has 0 aliphatic carbocycles. The first kappa shape index (κ1) is 22.3. The molecule has 1 aromatic carbocycles. The van der Waals surface area contributed by atoms with E-state index in [0.29, 0.717) is 5.56 Å². The first-order chi connectivity index (χ1) is 12.7. The van der Waals surface area contributed by atoms with Gasteiger partial charge in [-0.05, 0) is 51.3 Å². The molecule has 0 spiro atoms. The number of carbonyl (C=O) groups excluding carboxylic acids is 1. The Kier molecular flexibility index (Phi) is 8.27. The van der Waals surface area contributed by atoms with Gasteiger partial charge in [-0.2, -0.15) is 0 Å². The van der Waals surface area contributed by atoms with Crippen molar-refractivity contribution in [1.82, 2.24) is 0 Å². The van der Waals surface area contributed by atoms with Crippen LogP contribution in [0.2, 0.25) is 0 Å². The normalized spacial score (nSPS) is 25.3. The minimum Gasteiger partial charge on any atom is -0.452 e. The molecule has 150 valence electrons. The molecule has 5 atom stereocenters. The third kappa shape index (κ3) is 6.55. The number of esters is 1. The van der Waals surface area contributed by atoms with Gasteiger partial charge in [-0.15, -0.1) is 0 Å². The van der Waals surface area contributed by atoms with Crippen LogP contribution in [0.25, 0.3) is 0 Å². The summed E-state index contributed by atoms with van der Waals surface area (Å²) in [5.41, 5.74) is 0.489. The summed E-state index contributed by atoms with van der Waals surface area (Å²) in [4.78, 5) is 12.6. The highest BCUT2D eigenvalue weighted by Gasteiger charge is 2.45. The highest BCUT2D eigenvalue weighted by Crippen LogP contribution is 2.34. The highest BCUT2D eigenvalue weighted by molar-refractivity contribution is 14.1. The fraction of sp³-hybridized carbons (Fsp3) is 0.571. The first-order valence-corrected chi connectivity index (χ1v) is 10.8. The fourth-order valence-electron chi connectivity index (χ4n) is 2.90. The van der Waals surface area contributed by atoms with Crippen molar-refractivity contribution in [3.8, 4) is 0 Å². The van der Waals surface area contributed by atoms with Crippen LogP contribution in [0.15, 0.2) is 42.5 Å². The number of alkyl halides is 1. The molecule has 1 fully saturated rings. The smallest absolute Gasteiger partial charge is 0.338 e. The maximum Gasteiger partial charge on any atom is 0.338 e. The summed E-state index contributed by atoms with van der Waals surface area (Å²) in [5.74, 6) is -1.21. The first-order valence-electron chi connectivity index (χ1n) is 9.27. The van der Waals surface area contributed by atoms with E-state index in [0.717, 1.165) is 10.8 Å².